The molecule has 1 atom stereocenters. The van der Waals surface area contributed by atoms with Crippen molar-refractivity contribution >= 4 is 45.5 Å². The summed E-state index contributed by atoms with van der Waals surface area (Å²) in [5.41, 5.74) is 1.30. The molecule has 1 aromatic carbocycles. The maximum absolute atomic E-state index is 13.5. The third-order valence-corrected chi connectivity index (χ3v) is 4.44. The van der Waals surface area contributed by atoms with Crippen LogP contribution in [0.1, 0.15) is 17.2 Å². The van der Waals surface area contributed by atoms with Crippen molar-refractivity contribution in [2.24, 2.45) is 0 Å². The predicted octanol–water partition coefficient (Wildman–Crippen LogP) is 4.42. The molecular weight excluding hydrogens is 374 g/mol. The minimum Gasteiger partial charge on any atom is -0.388 e. The minimum absolute atomic E-state index is 0.260. The van der Waals surface area contributed by atoms with E-state index in [1.54, 1.807) is 23.5 Å². The van der Waals surface area contributed by atoms with Crippen LogP contribution in [0.5, 0.6) is 0 Å². The van der Waals surface area contributed by atoms with Gasteiger partial charge in [0.25, 0.3) is 0 Å². The van der Waals surface area contributed by atoms with Crippen LogP contribution in [-0.4, -0.2) is 5.11 Å². The van der Waals surface area contributed by atoms with Crippen LogP contribution in [0, 0.1) is 8.70 Å². The Balaban J connectivity index is 2.15. The Morgan fingerprint density at radius 2 is 2.18 bits per heavy atom. The number of hydrogen-bond donors (Lipinski definition) is 1. The van der Waals surface area contributed by atoms with Crippen molar-refractivity contribution in [3.05, 3.63) is 54.5 Å². The molecule has 0 fully saturated rings. The molecule has 0 spiro atoms. The molecule has 90 valence electrons. The van der Waals surface area contributed by atoms with Crippen LogP contribution in [0.2, 0.25) is 5.02 Å². The van der Waals surface area contributed by atoms with E-state index in [0.29, 0.717) is 10.6 Å². The van der Waals surface area contributed by atoms with Gasteiger partial charge in [-0.15, -0.1) is 11.3 Å². The van der Waals surface area contributed by atoms with Crippen LogP contribution in [0.25, 0.3) is 0 Å². The highest BCUT2D eigenvalue weighted by atomic mass is 127. The van der Waals surface area contributed by atoms with E-state index in [0.717, 1.165) is 8.45 Å². The Bertz CT molecular complexity index is 529. The lowest BCUT2D eigenvalue weighted by atomic mass is 10.0. The third-order valence-electron chi connectivity index (χ3n) is 2.40. The second kappa shape index (κ2) is 5.65. The summed E-state index contributed by atoms with van der Waals surface area (Å²) in [5, 5.41) is 12.2. The summed E-state index contributed by atoms with van der Waals surface area (Å²) in [7, 11) is 0. The van der Waals surface area contributed by atoms with E-state index in [1.165, 1.54) is 6.07 Å². The summed E-state index contributed by atoms with van der Waals surface area (Å²) < 4.78 is 14.6. The van der Waals surface area contributed by atoms with Gasteiger partial charge in [-0.25, -0.2) is 4.39 Å². The molecule has 2 rings (SSSR count). The maximum atomic E-state index is 13.5. The molecule has 0 radical (unpaired) electrons. The molecule has 17 heavy (non-hydrogen) atoms. The standard InChI is InChI=1S/C12H9ClFIOS/c13-9-2-1-7(10(14)5-9)3-11(16)8-4-12(15)17-6-8/h1-2,4-6,11,16H,3H2. The van der Waals surface area contributed by atoms with Crippen LogP contribution in [0.15, 0.2) is 29.6 Å². The summed E-state index contributed by atoms with van der Waals surface area (Å²) in [6, 6.07) is 6.41. The van der Waals surface area contributed by atoms with E-state index in [1.807, 2.05) is 11.4 Å². The van der Waals surface area contributed by atoms with Crippen molar-refractivity contribution < 1.29 is 9.50 Å². The second-order valence-corrected chi connectivity index (χ2v) is 6.88. The first kappa shape index (κ1) is 13.3. The fraction of sp³-hybridized carbons (Fsp3) is 0.167. The number of hydrogen-bond acceptors (Lipinski definition) is 2. The summed E-state index contributed by atoms with van der Waals surface area (Å²) in [6.07, 6.45) is -0.416. The first-order valence-electron chi connectivity index (χ1n) is 4.92. The third kappa shape index (κ3) is 3.40. The zero-order valence-electron chi connectivity index (χ0n) is 8.66. The van der Waals surface area contributed by atoms with Gasteiger partial charge in [0.15, 0.2) is 0 Å². The molecule has 0 saturated heterocycles. The first-order valence-corrected chi connectivity index (χ1v) is 7.26. The number of aliphatic hydroxyl groups is 1. The van der Waals surface area contributed by atoms with Gasteiger partial charge in [-0.3, -0.25) is 0 Å². The highest BCUT2D eigenvalue weighted by molar-refractivity contribution is 14.1. The van der Waals surface area contributed by atoms with E-state index in [4.69, 9.17) is 11.6 Å². The predicted molar refractivity (Wildman–Crippen MR) is 77.1 cm³/mol. The van der Waals surface area contributed by atoms with Gasteiger partial charge in [0.2, 0.25) is 0 Å². The van der Waals surface area contributed by atoms with E-state index in [2.05, 4.69) is 22.6 Å². The van der Waals surface area contributed by atoms with Crippen LogP contribution in [0.4, 0.5) is 4.39 Å². The van der Waals surface area contributed by atoms with Gasteiger partial charge in [0.05, 0.1) is 8.99 Å². The Morgan fingerprint density at radius 3 is 2.76 bits per heavy atom. The highest BCUT2D eigenvalue weighted by Crippen LogP contribution is 2.26. The van der Waals surface area contributed by atoms with Gasteiger partial charge in [0.1, 0.15) is 5.82 Å². The van der Waals surface area contributed by atoms with Gasteiger partial charge in [-0.1, -0.05) is 17.7 Å². The van der Waals surface area contributed by atoms with Gasteiger partial charge in [0, 0.05) is 11.4 Å². The minimum atomic E-state index is -0.676. The number of aliphatic hydroxyl groups excluding tert-OH is 1. The van der Waals surface area contributed by atoms with Gasteiger partial charge in [-0.05, 0) is 57.3 Å². The van der Waals surface area contributed by atoms with Crippen LogP contribution in [0.3, 0.4) is 0 Å². The number of benzene rings is 1. The second-order valence-electron chi connectivity index (χ2n) is 3.64. The molecule has 5 heteroatoms. The molecular formula is C12H9ClFIOS. The fourth-order valence-corrected chi connectivity index (χ4v) is 3.09. The molecule has 1 aromatic heterocycles. The van der Waals surface area contributed by atoms with Gasteiger partial charge < -0.3 is 5.11 Å². The van der Waals surface area contributed by atoms with E-state index in [9.17, 15) is 9.50 Å². The van der Waals surface area contributed by atoms with Crippen molar-refractivity contribution in [1.82, 2.24) is 0 Å². The Labute approximate surface area is 121 Å². The van der Waals surface area contributed by atoms with E-state index in [-0.39, 0.29) is 12.2 Å². The van der Waals surface area contributed by atoms with Crippen LogP contribution in [-0.2, 0) is 6.42 Å². The fourth-order valence-electron chi connectivity index (χ4n) is 1.51. The zero-order chi connectivity index (χ0) is 12.4. The zero-order valence-corrected chi connectivity index (χ0v) is 12.4. The normalized spacial score (nSPS) is 12.7. The van der Waals surface area contributed by atoms with Crippen LogP contribution >= 0.6 is 45.5 Å². The molecule has 1 N–H and O–H groups in total. The lowest BCUT2D eigenvalue weighted by Gasteiger charge is -2.09. The number of thiophene rings is 1. The lowest BCUT2D eigenvalue weighted by Crippen LogP contribution is -2.02. The topological polar surface area (TPSA) is 20.2 Å². The molecule has 0 amide bonds. The van der Waals surface area contributed by atoms with Crippen molar-refractivity contribution in [1.29, 1.82) is 0 Å². The molecule has 0 aliphatic rings. The Morgan fingerprint density at radius 1 is 1.41 bits per heavy atom. The summed E-state index contributed by atoms with van der Waals surface area (Å²) in [5.74, 6) is -0.374. The SMILES string of the molecule is OC(Cc1ccc(Cl)cc1F)c1csc(I)c1. The molecule has 0 bridgehead atoms. The van der Waals surface area contributed by atoms with Gasteiger partial charge in [-0.2, -0.15) is 0 Å². The van der Waals surface area contributed by atoms with Crippen molar-refractivity contribution in [2.75, 3.05) is 0 Å². The van der Waals surface area contributed by atoms with Crippen molar-refractivity contribution in [2.45, 2.75) is 12.5 Å². The first-order chi connectivity index (χ1) is 8.06. The molecule has 1 nitrogen and oxygen atoms in total. The summed E-state index contributed by atoms with van der Waals surface area (Å²) >= 11 is 9.43. The average Bonchev–Trinajstić information content (AvgIpc) is 2.69. The Kier molecular flexibility index (Phi) is 4.41. The van der Waals surface area contributed by atoms with E-state index < -0.39 is 6.10 Å². The molecule has 0 aliphatic heterocycles. The van der Waals surface area contributed by atoms with E-state index >= 15 is 0 Å². The average molecular weight is 383 g/mol. The van der Waals surface area contributed by atoms with Gasteiger partial charge >= 0.3 is 0 Å². The highest BCUT2D eigenvalue weighted by Gasteiger charge is 2.13. The monoisotopic (exact) mass is 382 g/mol. The molecule has 0 aliphatic carbocycles. The van der Waals surface area contributed by atoms with Crippen LogP contribution < -0.4 is 0 Å². The number of rotatable bonds is 3. The largest absolute Gasteiger partial charge is 0.388 e. The molecule has 1 unspecified atom stereocenters. The van der Waals surface area contributed by atoms with Crippen molar-refractivity contribution in [3.8, 4) is 0 Å². The molecule has 0 saturated carbocycles. The van der Waals surface area contributed by atoms with Crippen molar-refractivity contribution in [3.63, 3.8) is 0 Å². The number of halogens is 3. The quantitative estimate of drug-likeness (QED) is 0.779. The smallest absolute Gasteiger partial charge is 0.127 e. The molecule has 1 heterocycles. The summed E-state index contributed by atoms with van der Waals surface area (Å²) in [6.45, 7) is 0. The summed E-state index contributed by atoms with van der Waals surface area (Å²) in [4.78, 5) is 0. The lowest BCUT2D eigenvalue weighted by molar-refractivity contribution is 0.177. The maximum Gasteiger partial charge on any atom is 0.127 e. The molecule has 2 aromatic rings. The Hall–Kier alpha value is -0.170.